The van der Waals surface area contributed by atoms with Gasteiger partial charge in [-0.15, -0.1) is 12.4 Å². The minimum atomic E-state index is -0.163. The lowest BCUT2D eigenvalue weighted by Gasteiger charge is -2.29. The molecule has 2 N–H and O–H groups in total. The van der Waals surface area contributed by atoms with Gasteiger partial charge in [0.25, 0.3) is 0 Å². The van der Waals surface area contributed by atoms with Crippen molar-refractivity contribution in [1.29, 1.82) is 0 Å². The summed E-state index contributed by atoms with van der Waals surface area (Å²) in [5.74, 6) is 1.13. The molecule has 1 heterocycles. The summed E-state index contributed by atoms with van der Waals surface area (Å²) in [6.45, 7) is 2.69. The predicted molar refractivity (Wildman–Crippen MR) is 82.7 cm³/mol. The maximum absolute atomic E-state index is 13.8. The van der Waals surface area contributed by atoms with E-state index in [1.807, 2.05) is 0 Å². The smallest absolute Gasteiger partial charge is 0.127 e. The van der Waals surface area contributed by atoms with Crippen molar-refractivity contribution in [2.45, 2.75) is 31.8 Å². The van der Waals surface area contributed by atoms with Crippen molar-refractivity contribution in [3.05, 3.63) is 34.6 Å². The Labute approximate surface area is 130 Å². The van der Waals surface area contributed by atoms with E-state index in [-0.39, 0.29) is 18.2 Å². The summed E-state index contributed by atoms with van der Waals surface area (Å²) in [5, 5.41) is 0.602. The Kier molecular flexibility index (Phi) is 5.30. The topological polar surface area (TPSA) is 29.3 Å². The van der Waals surface area contributed by atoms with Crippen molar-refractivity contribution in [3.63, 3.8) is 0 Å². The van der Waals surface area contributed by atoms with Gasteiger partial charge in [0.2, 0.25) is 0 Å². The van der Waals surface area contributed by atoms with Crippen molar-refractivity contribution < 1.29 is 4.39 Å². The molecular weight excluding hydrogens is 298 g/mol. The summed E-state index contributed by atoms with van der Waals surface area (Å²) in [6.07, 6.45) is 3.65. The first kappa shape index (κ1) is 16.0. The summed E-state index contributed by atoms with van der Waals surface area (Å²) < 4.78 is 13.8. The molecule has 1 aromatic carbocycles. The molecule has 1 aliphatic carbocycles. The van der Waals surface area contributed by atoms with Gasteiger partial charge in [-0.25, -0.2) is 4.39 Å². The van der Waals surface area contributed by atoms with Gasteiger partial charge in [-0.1, -0.05) is 18.0 Å². The van der Waals surface area contributed by atoms with E-state index < -0.39 is 0 Å². The number of halogens is 3. The van der Waals surface area contributed by atoms with E-state index in [1.165, 1.54) is 18.9 Å². The summed E-state index contributed by atoms with van der Waals surface area (Å²) in [7, 11) is 0. The van der Waals surface area contributed by atoms with Crippen LogP contribution in [0.5, 0.6) is 0 Å². The maximum atomic E-state index is 13.8. The third-order valence-corrected chi connectivity index (χ3v) is 4.87. The molecule has 20 heavy (non-hydrogen) atoms. The van der Waals surface area contributed by atoms with Gasteiger partial charge in [-0.2, -0.15) is 0 Å². The molecule has 112 valence electrons. The average Bonchev–Trinajstić information content (AvgIpc) is 2.78. The van der Waals surface area contributed by atoms with Gasteiger partial charge < -0.3 is 5.73 Å². The van der Waals surface area contributed by atoms with Crippen LogP contribution in [0.15, 0.2) is 18.2 Å². The number of likely N-dealkylation sites (tertiary alicyclic amines) is 1. The zero-order valence-electron chi connectivity index (χ0n) is 11.4. The molecule has 1 aliphatic heterocycles. The van der Waals surface area contributed by atoms with E-state index in [0.29, 0.717) is 35.0 Å². The Morgan fingerprint density at radius 3 is 2.85 bits per heavy atom. The van der Waals surface area contributed by atoms with Gasteiger partial charge in [0.15, 0.2) is 0 Å². The molecule has 0 radical (unpaired) electrons. The third-order valence-electron chi connectivity index (χ3n) is 4.63. The fourth-order valence-electron chi connectivity index (χ4n) is 3.64. The Morgan fingerprint density at radius 1 is 1.30 bits per heavy atom. The van der Waals surface area contributed by atoms with Crippen LogP contribution >= 0.6 is 24.0 Å². The Morgan fingerprint density at radius 2 is 2.10 bits per heavy atom. The lowest BCUT2D eigenvalue weighted by Crippen LogP contribution is -2.38. The van der Waals surface area contributed by atoms with Crippen molar-refractivity contribution in [2.24, 2.45) is 17.6 Å². The molecule has 0 aromatic heterocycles. The molecule has 3 unspecified atom stereocenters. The molecule has 2 nitrogen and oxygen atoms in total. The predicted octanol–water partition coefficient (Wildman–Crippen LogP) is 3.46. The SMILES string of the molecule is Cl.NC1CCCC2CN(Cc3cc(Cl)ccc3F)CC12. The van der Waals surface area contributed by atoms with Crippen LogP contribution in [0.3, 0.4) is 0 Å². The number of nitrogens with zero attached hydrogens (tertiary/aromatic N) is 1. The fraction of sp³-hybridized carbons (Fsp3) is 0.600. The normalized spacial score (nSPS) is 29.9. The molecular formula is C15H21Cl2FN2. The van der Waals surface area contributed by atoms with Crippen LogP contribution in [0.1, 0.15) is 24.8 Å². The van der Waals surface area contributed by atoms with E-state index in [4.69, 9.17) is 17.3 Å². The second kappa shape index (κ2) is 6.61. The van der Waals surface area contributed by atoms with Gasteiger partial charge in [0.1, 0.15) is 5.82 Å². The van der Waals surface area contributed by atoms with E-state index >= 15 is 0 Å². The summed E-state index contributed by atoms with van der Waals surface area (Å²) in [5.41, 5.74) is 6.90. The molecule has 2 fully saturated rings. The van der Waals surface area contributed by atoms with E-state index in [1.54, 1.807) is 12.1 Å². The number of nitrogens with two attached hydrogens (primary N) is 1. The van der Waals surface area contributed by atoms with Crippen LogP contribution in [0, 0.1) is 17.7 Å². The molecule has 2 aliphatic rings. The number of fused-ring (bicyclic) bond motifs is 1. The minimum Gasteiger partial charge on any atom is -0.327 e. The molecule has 5 heteroatoms. The number of benzene rings is 1. The summed E-state index contributed by atoms with van der Waals surface area (Å²) in [6, 6.07) is 5.11. The number of hydrogen-bond acceptors (Lipinski definition) is 2. The Hall–Kier alpha value is -0.350. The zero-order valence-corrected chi connectivity index (χ0v) is 13.0. The van der Waals surface area contributed by atoms with Crippen LogP contribution in [0.4, 0.5) is 4.39 Å². The van der Waals surface area contributed by atoms with Crippen molar-refractivity contribution in [2.75, 3.05) is 13.1 Å². The highest BCUT2D eigenvalue weighted by Gasteiger charge is 2.38. The molecule has 0 spiro atoms. The molecule has 0 amide bonds. The minimum absolute atomic E-state index is 0. The van der Waals surface area contributed by atoms with Crippen LogP contribution in [0.25, 0.3) is 0 Å². The van der Waals surface area contributed by atoms with Crippen molar-refractivity contribution in [1.82, 2.24) is 4.90 Å². The number of rotatable bonds is 2. The summed E-state index contributed by atoms with van der Waals surface area (Å²) >= 11 is 5.94. The van der Waals surface area contributed by atoms with E-state index in [0.717, 1.165) is 19.5 Å². The molecule has 1 saturated heterocycles. The standard InChI is InChI=1S/C15H20ClFN2.ClH/c16-12-4-5-14(17)11(6-12)8-19-7-10-2-1-3-15(18)13(10)9-19;/h4-6,10,13,15H,1-3,7-9,18H2;1H. The Bertz CT molecular complexity index is 469. The lowest BCUT2D eigenvalue weighted by atomic mass is 9.78. The van der Waals surface area contributed by atoms with E-state index in [9.17, 15) is 4.39 Å². The van der Waals surface area contributed by atoms with Crippen LogP contribution in [-0.4, -0.2) is 24.0 Å². The number of hydrogen-bond donors (Lipinski definition) is 1. The molecule has 1 saturated carbocycles. The second-order valence-corrected chi connectivity index (χ2v) is 6.38. The zero-order chi connectivity index (χ0) is 13.4. The highest BCUT2D eigenvalue weighted by Crippen LogP contribution is 2.36. The second-order valence-electron chi connectivity index (χ2n) is 5.95. The van der Waals surface area contributed by atoms with Crippen molar-refractivity contribution >= 4 is 24.0 Å². The quantitative estimate of drug-likeness (QED) is 0.904. The average molecular weight is 319 g/mol. The van der Waals surface area contributed by atoms with Gasteiger partial charge in [-0.3, -0.25) is 4.90 Å². The van der Waals surface area contributed by atoms with Gasteiger partial charge >= 0.3 is 0 Å². The van der Waals surface area contributed by atoms with E-state index in [2.05, 4.69) is 4.90 Å². The first-order valence-corrected chi connectivity index (χ1v) is 7.43. The summed E-state index contributed by atoms with van der Waals surface area (Å²) in [4.78, 5) is 2.33. The first-order chi connectivity index (χ1) is 9.13. The van der Waals surface area contributed by atoms with Gasteiger partial charge in [-0.05, 0) is 42.9 Å². The maximum Gasteiger partial charge on any atom is 0.127 e. The Balaban J connectivity index is 0.00000147. The highest BCUT2D eigenvalue weighted by atomic mass is 35.5. The first-order valence-electron chi connectivity index (χ1n) is 7.05. The lowest BCUT2D eigenvalue weighted by molar-refractivity contribution is 0.259. The van der Waals surface area contributed by atoms with Gasteiger partial charge in [0.05, 0.1) is 0 Å². The molecule has 0 bridgehead atoms. The van der Waals surface area contributed by atoms with Crippen molar-refractivity contribution in [3.8, 4) is 0 Å². The monoisotopic (exact) mass is 318 g/mol. The fourth-order valence-corrected chi connectivity index (χ4v) is 3.84. The highest BCUT2D eigenvalue weighted by molar-refractivity contribution is 6.30. The van der Waals surface area contributed by atoms with Crippen LogP contribution < -0.4 is 5.73 Å². The third kappa shape index (κ3) is 3.28. The van der Waals surface area contributed by atoms with Crippen LogP contribution in [0.2, 0.25) is 5.02 Å². The molecule has 1 aromatic rings. The molecule has 3 atom stereocenters. The molecule has 3 rings (SSSR count). The largest absolute Gasteiger partial charge is 0.327 e. The van der Waals surface area contributed by atoms with Crippen LogP contribution in [-0.2, 0) is 6.54 Å². The van der Waals surface area contributed by atoms with Gasteiger partial charge in [0, 0.05) is 36.3 Å².